The van der Waals surface area contributed by atoms with Gasteiger partial charge >= 0.3 is 5.97 Å². The largest absolute Gasteiger partial charge is 0.493 e. The molecule has 0 bridgehead atoms. The molecule has 0 atom stereocenters. The second kappa shape index (κ2) is 9.87. The molecule has 0 radical (unpaired) electrons. The predicted octanol–water partition coefficient (Wildman–Crippen LogP) is 3.90. The van der Waals surface area contributed by atoms with Crippen LogP contribution in [0.25, 0.3) is 10.9 Å². The first kappa shape index (κ1) is 21.3. The van der Waals surface area contributed by atoms with Gasteiger partial charge in [0.05, 0.1) is 17.7 Å². The van der Waals surface area contributed by atoms with E-state index in [-0.39, 0.29) is 12.5 Å². The average Bonchev–Trinajstić information content (AvgIpc) is 2.74. The molecule has 0 aliphatic rings. The van der Waals surface area contributed by atoms with Gasteiger partial charge in [0, 0.05) is 18.1 Å². The van der Waals surface area contributed by atoms with Gasteiger partial charge in [0.15, 0.2) is 6.61 Å². The molecule has 1 heterocycles. The van der Waals surface area contributed by atoms with Crippen molar-refractivity contribution in [3.05, 3.63) is 70.9 Å². The van der Waals surface area contributed by atoms with Gasteiger partial charge in [-0.1, -0.05) is 24.3 Å². The van der Waals surface area contributed by atoms with Crippen molar-refractivity contribution in [3.8, 4) is 5.75 Å². The van der Waals surface area contributed by atoms with E-state index in [1.807, 2.05) is 32.0 Å². The van der Waals surface area contributed by atoms with E-state index in [0.29, 0.717) is 30.7 Å². The van der Waals surface area contributed by atoms with Crippen LogP contribution in [0.15, 0.2) is 48.7 Å². The van der Waals surface area contributed by atoms with E-state index in [1.54, 1.807) is 24.4 Å². The molecule has 30 heavy (non-hydrogen) atoms. The number of benzene rings is 2. The fourth-order valence-electron chi connectivity index (χ4n) is 3.16. The van der Waals surface area contributed by atoms with Crippen molar-refractivity contribution in [2.24, 2.45) is 0 Å². The van der Waals surface area contributed by atoms with E-state index in [1.165, 1.54) is 5.56 Å². The van der Waals surface area contributed by atoms with Crippen LogP contribution in [0.2, 0.25) is 0 Å². The smallest absolute Gasteiger partial charge is 0.340 e. The number of nitrogens with one attached hydrogen (secondary N) is 1. The summed E-state index contributed by atoms with van der Waals surface area (Å²) in [6, 6.07) is 13.1. The Morgan fingerprint density at radius 2 is 1.87 bits per heavy atom. The second-order valence-electron chi connectivity index (χ2n) is 7.21. The topological polar surface area (TPSA) is 77.5 Å². The zero-order valence-corrected chi connectivity index (χ0v) is 17.5. The fourth-order valence-corrected chi connectivity index (χ4v) is 3.16. The molecule has 0 spiro atoms. The minimum absolute atomic E-state index is 0.334. The minimum Gasteiger partial charge on any atom is -0.493 e. The molecule has 6 heteroatoms. The van der Waals surface area contributed by atoms with Crippen molar-refractivity contribution < 1.29 is 19.1 Å². The monoisotopic (exact) mass is 406 g/mol. The molecule has 0 fully saturated rings. The molecule has 0 aliphatic heterocycles. The number of hydrogen-bond donors (Lipinski definition) is 1. The number of pyridine rings is 1. The summed E-state index contributed by atoms with van der Waals surface area (Å²) >= 11 is 0. The molecular weight excluding hydrogens is 380 g/mol. The third-order valence-electron chi connectivity index (χ3n) is 4.85. The Labute approximate surface area is 176 Å². The minimum atomic E-state index is -0.567. The van der Waals surface area contributed by atoms with Gasteiger partial charge in [0.1, 0.15) is 5.75 Å². The summed E-state index contributed by atoms with van der Waals surface area (Å²) in [4.78, 5) is 28.5. The molecule has 3 rings (SSSR count). The Morgan fingerprint density at radius 1 is 1.07 bits per heavy atom. The number of hydrogen-bond acceptors (Lipinski definition) is 5. The maximum Gasteiger partial charge on any atom is 0.340 e. The van der Waals surface area contributed by atoms with E-state index in [2.05, 4.69) is 23.3 Å². The van der Waals surface area contributed by atoms with Gasteiger partial charge in [-0.05, 0) is 62.1 Å². The molecule has 2 aromatic carbocycles. The molecular formula is C24H26N2O4. The van der Waals surface area contributed by atoms with Gasteiger partial charge in [0.25, 0.3) is 5.91 Å². The number of aromatic nitrogens is 1. The van der Waals surface area contributed by atoms with Crippen molar-refractivity contribution in [2.45, 2.75) is 27.2 Å². The predicted molar refractivity (Wildman–Crippen MR) is 116 cm³/mol. The van der Waals surface area contributed by atoms with Crippen LogP contribution in [0.3, 0.4) is 0 Å². The Hall–Kier alpha value is -3.41. The van der Waals surface area contributed by atoms with Crippen LogP contribution >= 0.6 is 0 Å². The lowest BCUT2D eigenvalue weighted by Gasteiger charge is -2.12. The van der Waals surface area contributed by atoms with Crippen molar-refractivity contribution in [1.29, 1.82) is 0 Å². The number of aryl methyl sites for hydroxylation is 2. The number of fused-ring (bicyclic) bond motifs is 1. The average molecular weight is 406 g/mol. The summed E-state index contributed by atoms with van der Waals surface area (Å²) in [7, 11) is 0. The van der Waals surface area contributed by atoms with Crippen molar-refractivity contribution in [2.75, 3.05) is 19.8 Å². The number of esters is 1. The summed E-state index contributed by atoms with van der Waals surface area (Å²) in [5.74, 6) is -0.0429. The second-order valence-corrected chi connectivity index (χ2v) is 7.21. The summed E-state index contributed by atoms with van der Waals surface area (Å²) in [5.41, 5.74) is 4.38. The standard InChI is InChI=1S/C24H26N2O4/c1-16-13-17(2)18(3)21(14-16)29-12-6-11-25-22(27)15-30-24(28)20-9-4-7-19-8-5-10-26-23(19)20/h4-5,7-10,13-14H,6,11-12,15H2,1-3H3,(H,25,27). The van der Waals surface area contributed by atoms with E-state index < -0.39 is 5.97 Å². The molecule has 1 amide bonds. The zero-order valence-electron chi connectivity index (χ0n) is 17.5. The molecule has 6 nitrogen and oxygen atoms in total. The maximum atomic E-state index is 12.3. The first-order valence-electron chi connectivity index (χ1n) is 9.94. The van der Waals surface area contributed by atoms with E-state index >= 15 is 0 Å². The summed E-state index contributed by atoms with van der Waals surface area (Å²) in [5, 5.41) is 3.58. The van der Waals surface area contributed by atoms with E-state index in [9.17, 15) is 9.59 Å². The van der Waals surface area contributed by atoms with Gasteiger partial charge in [-0.15, -0.1) is 0 Å². The molecule has 0 saturated heterocycles. The number of carbonyl (C=O) groups excluding carboxylic acids is 2. The van der Waals surface area contributed by atoms with Gasteiger partial charge in [-0.25, -0.2) is 4.79 Å². The Morgan fingerprint density at radius 3 is 2.70 bits per heavy atom. The molecule has 0 aliphatic carbocycles. The van der Waals surface area contributed by atoms with Crippen LogP contribution in [0.5, 0.6) is 5.75 Å². The summed E-state index contributed by atoms with van der Waals surface area (Å²) in [6.45, 7) is 6.73. The quantitative estimate of drug-likeness (QED) is 0.453. The zero-order chi connectivity index (χ0) is 21.5. The lowest BCUT2D eigenvalue weighted by atomic mass is 10.1. The van der Waals surface area contributed by atoms with Crippen LogP contribution in [0, 0.1) is 20.8 Å². The highest BCUT2D eigenvalue weighted by Crippen LogP contribution is 2.23. The lowest BCUT2D eigenvalue weighted by Crippen LogP contribution is -2.30. The number of ether oxygens (including phenoxy) is 2. The fraction of sp³-hybridized carbons (Fsp3) is 0.292. The third-order valence-corrected chi connectivity index (χ3v) is 4.85. The molecule has 3 aromatic rings. The van der Waals surface area contributed by atoms with Crippen molar-refractivity contribution in [1.82, 2.24) is 10.3 Å². The lowest BCUT2D eigenvalue weighted by molar-refractivity contribution is -0.124. The summed E-state index contributed by atoms with van der Waals surface area (Å²) in [6.07, 6.45) is 2.27. The third kappa shape index (κ3) is 5.35. The highest BCUT2D eigenvalue weighted by Gasteiger charge is 2.14. The van der Waals surface area contributed by atoms with Crippen LogP contribution in [-0.2, 0) is 9.53 Å². The van der Waals surface area contributed by atoms with E-state index in [0.717, 1.165) is 22.3 Å². The Kier molecular flexibility index (Phi) is 7.01. The number of rotatable bonds is 8. The highest BCUT2D eigenvalue weighted by atomic mass is 16.5. The number of para-hydroxylation sites is 1. The van der Waals surface area contributed by atoms with Crippen molar-refractivity contribution >= 4 is 22.8 Å². The van der Waals surface area contributed by atoms with Gasteiger partial charge in [-0.2, -0.15) is 0 Å². The molecule has 0 unspecified atom stereocenters. The van der Waals surface area contributed by atoms with Gasteiger partial charge in [-0.3, -0.25) is 9.78 Å². The van der Waals surface area contributed by atoms with Crippen LogP contribution < -0.4 is 10.1 Å². The van der Waals surface area contributed by atoms with Crippen molar-refractivity contribution in [3.63, 3.8) is 0 Å². The molecule has 1 aromatic heterocycles. The SMILES string of the molecule is Cc1cc(C)c(C)c(OCCCNC(=O)COC(=O)c2cccc3cccnc23)c1. The van der Waals surface area contributed by atoms with Crippen LogP contribution in [-0.4, -0.2) is 36.6 Å². The maximum absolute atomic E-state index is 12.3. The van der Waals surface area contributed by atoms with Gasteiger partial charge < -0.3 is 14.8 Å². The summed E-state index contributed by atoms with van der Waals surface area (Å²) < 4.78 is 11.0. The number of carbonyl (C=O) groups is 2. The first-order valence-corrected chi connectivity index (χ1v) is 9.94. The van der Waals surface area contributed by atoms with Crippen LogP contribution in [0.4, 0.5) is 0 Å². The highest BCUT2D eigenvalue weighted by molar-refractivity contribution is 6.03. The Bertz CT molecular complexity index is 1060. The van der Waals surface area contributed by atoms with E-state index in [4.69, 9.17) is 9.47 Å². The molecule has 0 saturated carbocycles. The van der Waals surface area contributed by atoms with Gasteiger partial charge in [0.2, 0.25) is 0 Å². The first-order chi connectivity index (χ1) is 14.5. The Balaban J connectivity index is 1.40. The number of amides is 1. The molecule has 1 N–H and O–H groups in total. The van der Waals surface area contributed by atoms with Crippen LogP contribution in [0.1, 0.15) is 33.5 Å². The number of nitrogens with zero attached hydrogens (tertiary/aromatic N) is 1. The normalized spacial score (nSPS) is 10.6. The molecule has 156 valence electrons.